The van der Waals surface area contributed by atoms with Gasteiger partial charge in [0.1, 0.15) is 11.6 Å². The zero-order valence-corrected chi connectivity index (χ0v) is 12.7. The Balaban J connectivity index is 0.00000324. The fourth-order valence-electron chi connectivity index (χ4n) is 1.69. The molecule has 1 rings (SSSR count). The molecule has 1 unspecified atom stereocenters. The summed E-state index contributed by atoms with van der Waals surface area (Å²) in [7, 11) is 0. The van der Waals surface area contributed by atoms with Gasteiger partial charge in [-0.25, -0.2) is 9.59 Å². The molecule has 1 aliphatic heterocycles. The number of carbonyl (C=O) groups excluding carboxylic acids is 2. The molecule has 7 heteroatoms. The van der Waals surface area contributed by atoms with Crippen LogP contribution in [-0.2, 0) is 14.3 Å². The Morgan fingerprint density at radius 1 is 1.37 bits per heavy atom. The number of nitrogens with zero attached hydrogens (tertiary/aromatic N) is 1. The largest absolute Gasteiger partial charge is 0.464 e. The summed E-state index contributed by atoms with van der Waals surface area (Å²) >= 11 is 0. The van der Waals surface area contributed by atoms with Crippen molar-refractivity contribution in [3.63, 3.8) is 0 Å². The number of carbonyl (C=O) groups is 2. The van der Waals surface area contributed by atoms with Gasteiger partial charge < -0.3 is 14.8 Å². The lowest BCUT2D eigenvalue weighted by Gasteiger charge is -2.35. The van der Waals surface area contributed by atoms with Crippen LogP contribution in [0.3, 0.4) is 0 Å². The Morgan fingerprint density at radius 3 is 2.53 bits per heavy atom. The third-order valence-corrected chi connectivity index (χ3v) is 2.43. The van der Waals surface area contributed by atoms with E-state index in [4.69, 9.17) is 9.47 Å². The van der Waals surface area contributed by atoms with Crippen LogP contribution in [0, 0.1) is 0 Å². The molecule has 0 bridgehead atoms. The van der Waals surface area contributed by atoms with Gasteiger partial charge in [0.05, 0.1) is 6.61 Å². The average Bonchev–Trinajstić information content (AvgIpc) is 2.27. The van der Waals surface area contributed by atoms with Gasteiger partial charge in [-0.05, 0) is 27.7 Å². The zero-order valence-electron chi connectivity index (χ0n) is 11.9. The Morgan fingerprint density at radius 2 is 2.00 bits per heavy atom. The first-order valence-electron chi connectivity index (χ1n) is 6.22. The van der Waals surface area contributed by atoms with Crippen LogP contribution >= 0.6 is 12.4 Å². The molecule has 1 N–H and O–H groups in total. The van der Waals surface area contributed by atoms with Crippen LogP contribution in [0.5, 0.6) is 0 Å². The summed E-state index contributed by atoms with van der Waals surface area (Å²) in [5.74, 6) is -0.393. The lowest BCUT2D eigenvalue weighted by atomic mass is 10.2. The normalized spacial score (nSPS) is 19.4. The van der Waals surface area contributed by atoms with E-state index < -0.39 is 23.7 Å². The van der Waals surface area contributed by atoms with Crippen LogP contribution in [0.4, 0.5) is 4.79 Å². The minimum atomic E-state index is -0.603. The van der Waals surface area contributed by atoms with E-state index in [0.29, 0.717) is 26.2 Å². The molecule has 1 heterocycles. The van der Waals surface area contributed by atoms with Gasteiger partial charge in [0.15, 0.2) is 0 Å². The van der Waals surface area contributed by atoms with Gasteiger partial charge in [-0.15, -0.1) is 12.4 Å². The first-order valence-corrected chi connectivity index (χ1v) is 6.22. The van der Waals surface area contributed by atoms with E-state index in [-0.39, 0.29) is 12.4 Å². The second-order valence-electron chi connectivity index (χ2n) is 5.15. The first kappa shape index (κ1) is 18.0. The van der Waals surface area contributed by atoms with Crippen molar-refractivity contribution in [2.45, 2.75) is 39.3 Å². The van der Waals surface area contributed by atoms with Crippen LogP contribution in [0.15, 0.2) is 0 Å². The predicted molar refractivity (Wildman–Crippen MR) is 73.5 cm³/mol. The molecular weight excluding hydrogens is 272 g/mol. The van der Waals surface area contributed by atoms with Crippen LogP contribution in [0.2, 0.25) is 0 Å². The van der Waals surface area contributed by atoms with Crippen LogP contribution in [0.1, 0.15) is 27.7 Å². The third kappa shape index (κ3) is 5.65. The summed E-state index contributed by atoms with van der Waals surface area (Å²) in [6.07, 6.45) is -0.470. The monoisotopic (exact) mass is 294 g/mol. The van der Waals surface area contributed by atoms with Gasteiger partial charge in [-0.2, -0.15) is 0 Å². The molecule has 0 aromatic rings. The number of piperazine rings is 1. The van der Waals surface area contributed by atoms with Crippen molar-refractivity contribution >= 4 is 24.5 Å². The zero-order chi connectivity index (χ0) is 13.8. The fourth-order valence-corrected chi connectivity index (χ4v) is 1.69. The highest BCUT2D eigenvalue weighted by Crippen LogP contribution is 2.14. The number of nitrogens with one attached hydrogen (secondary N) is 1. The van der Waals surface area contributed by atoms with Crippen molar-refractivity contribution in [2.24, 2.45) is 0 Å². The summed E-state index contributed by atoms with van der Waals surface area (Å²) in [5.41, 5.74) is -0.568. The van der Waals surface area contributed by atoms with E-state index >= 15 is 0 Å². The second-order valence-corrected chi connectivity index (χ2v) is 5.15. The molecule has 112 valence electrons. The van der Waals surface area contributed by atoms with Crippen molar-refractivity contribution in [1.29, 1.82) is 0 Å². The molecular formula is C12H23ClN2O4. The van der Waals surface area contributed by atoms with Gasteiger partial charge in [-0.1, -0.05) is 0 Å². The van der Waals surface area contributed by atoms with Gasteiger partial charge in [0.2, 0.25) is 0 Å². The second kappa shape index (κ2) is 7.55. The smallest absolute Gasteiger partial charge is 0.411 e. The number of amides is 1. The van der Waals surface area contributed by atoms with E-state index in [1.165, 1.54) is 4.90 Å². The number of esters is 1. The first-order chi connectivity index (χ1) is 8.35. The SMILES string of the molecule is CCOC(=O)C1CNCCN1C(=O)OC(C)(C)C.Cl. The maximum absolute atomic E-state index is 12.0. The quantitative estimate of drug-likeness (QED) is 0.775. The summed E-state index contributed by atoms with van der Waals surface area (Å²) in [6.45, 7) is 8.93. The van der Waals surface area contributed by atoms with E-state index in [1.807, 2.05) is 0 Å². The maximum Gasteiger partial charge on any atom is 0.411 e. The number of halogens is 1. The number of hydrogen-bond donors (Lipinski definition) is 1. The summed E-state index contributed by atoms with van der Waals surface area (Å²) in [6, 6.07) is -0.603. The highest BCUT2D eigenvalue weighted by Gasteiger charge is 2.35. The lowest BCUT2D eigenvalue weighted by molar-refractivity contribution is -0.149. The highest BCUT2D eigenvalue weighted by molar-refractivity contribution is 5.85. The molecule has 0 aromatic heterocycles. The van der Waals surface area contributed by atoms with Crippen LogP contribution in [0.25, 0.3) is 0 Å². The molecule has 1 amide bonds. The average molecular weight is 295 g/mol. The third-order valence-electron chi connectivity index (χ3n) is 2.43. The maximum atomic E-state index is 12.0. The Hall–Kier alpha value is -1.01. The summed E-state index contributed by atoms with van der Waals surface area (Å²) in [5, 5.41) is 3.07. The minimum Gasteiger partial charge on any atom is -0.464 e. The Labute approximate surface area is 120 Å². The number of rotatable bonds is 2. The molecule has 6 nitrogen and oxygen atoms in total. The van der Waals surface area contributed by atoms with Crippen molar-refractivity contribution in [1.82, 2.24) is 10.2 Å². The number of hydrogen-bond acceptors (Lipinski definition) is 5. The van der Waals surface area contributed by atoms with Gasteiger partial charge in [0.25, 0.3) is 0 Å². The fraction of sp³-hybridized carbons (Fsp3) is 0.833. The Bertz CT molecular complexity index is 317. The molecule has 0 radical (unpaired) electrons. The van der Waals surface area contributed by atoms with Crippen molar-refractivity contribution in [3.05, 3.63) is 0 Å². The van der Waals surface area contributed by atoms with E-state index in [2.05, 4.69) is 5.32 Å². The van der Waals surface area contributed by atoms with Crippen LogP contribution in [-0.4, -0.2) is 54.8 Å². The van der Waals surface area contributed by atoms with Crippen molar-refractivity contribution in [2.75, 3.05) is 26.2 Å². The molecule has 1 atom stereocenters. The molecule has 0 spiro atoms. The standard InChI is InChI=1S/C12H22N2O4.ClH/c1-5-17-10(15)9-8-13-6-7-14(9)11(16)18-12(2,3)4;/h9,13H,5-8H2,1-4H3;1H. The molecule has 19 heavy (non-hydrogen) atoms. The molecule has 0 saturated carbocycles. The minimum absolute atomic E-state index is 0. The van der Waals surface area contributed by atoms with Crippen molar-refractivity contribution in [3.8, 4) is 0 Å². The Kier molecular flexibility index (Phi) is 7.15. The van der Waals surface area contributed by atoms with E-state index in [9.17, 15) is 9.59 Å². The molecule has 0 aliphatic carbocycles. The van der Waals surface area contributed by atoms with Gasteiger partial charge in [-0.3, -0.25) is 4.90 Å². The molecule has 1 saturated heterocycles. The molecule has 1 aliphatic rings. The number of ether oxygens (including phenoxy) is 2. The molecule has 1 fully saturated rings. The van der Waals surface area contributed by atoms with E-state index in [1.54, 1.807) is 27.7 Å². The molecule has 0 aromatic carbocycles. The predicted octanol–water partition coefficient (Wildman–Crippen LogP) is 1.18. The van der Waals surface area contributed by atoms with Gasteiger partial charge >= 0.3 is 12.1 Å². The van der Waals surface area contributed by atoms with E-state index in [0.717, 1.165) is 0 Å². The highest BCUT2D eigenvalue weighted by atomic mass is 35.5. The summed E-state index contributed by atoms with van der Waals surface area (Å²) < 4.78 is 10.3. The van der Waals surface area contributed by atoms with Crippen LogP contribution < -0.4 is 5.32 Å². The van der Waals surface area contributed by atoms with Gasteiger partial charge in [0, 0.05) is 19.6 Å². The lowest BCUT2D eigenvalue weighted by Crippen LogP contribution is -2.58. The summed E-state index contributed by atoms with van der Waals surface area (Å²) in [4.78, 5) is 25.2. The topological polar surface area (TPSA) is 67.9 Å². The van der Waals surface area contributed by atoms with Crippen molar-refractivity contribution < 1.29 is 19.1 Å².